The fraction of sp³-hybridized carbons (Fsp3) is 0.237. The van der Waals surface area contributed by atoms with Gasteiger partial charge in [-0.3, -0.25) is 15.0 Å². The molecule has 6 aromatic carbocycles. The summed E-state index contributed by atoms with van der Waals surface area (Å²) in [6.07, 6.45) is 11.7. The number of nitrogens with zero attached hydrogens (tertiary/aromatic N) is 6. The summed E-state index contributed by atoms with van der Waals surface area (Å²) in [7, 11) is 0. The maximum atomic E-state index is 4.65. The van der Waals surface area contributed by atoms with Gasteiger partial charge in [-0.15, -0.1) is 108 Å². The SMILES string of the molecule is CC(C)c1cc(C(C)C)c(-n2ccnc2-c2[c-]cccc2)c(C(C)C)c1.Cc1cc(C)c(-n2ccnc2-c2[c-]cccc2)c(C)c1.Cc1cccc(C)c1-n1ccnc1-c1[c-]cccc1.[Ir].[Ir].[Ir]. The molecule has 3 heterocycles. The summed E-state index contributed by atoms with van der Waals surface area (Å²) < 4.78 is 6.53. The fourth-order valence-electron chi connectivity index (χ4n) is 8.58. The van der Waals surface area contributed by atoms with E-state index in [1.165, 1.54) is 61.6 Å². The van der Waals surface area contributed by atoms with Gasteiger partial charge >= 0.3 is 0 Å². The van der Waals surface area contributed by atoms with Crippen LogP contribution in [0.5, 0.6) is 0 Å². The van der Waals surface area contributed by atoms with Crippen molar-refractivity contribution < 1.29 is 60.3 Å². The molecule has 0 saturated heterocycles. The standard InChI is InChI=1S/C24H29N2.C18H17N2.C17H15N2.3Ir/c1-16(2)20-14-21(17(3)4)23(22(15-20)18(5)6)26-13-12-25-24(26)19-10-8-7-9-11-19;1-13-11-14(2)17(15(3)12-13)20-10-9-19-18(20)16-7-5-4-6-8-16;1-13-7-6-8-14(2)16(13)19-12-11-18-17(19)15-9-4-3-5-10-15;;;/h7-10,12-18H,1-6H3;4-7,9-12H,1-3H3;3-9,11-12H,1-2H3;;;/q3*-1;;;. The molecule has 357 valence electrons. The zero-order valence-electron chi connectivity index (χ0n) is 40.8. The van der Waals surface area contributed by atoms with E-state index in [1.807, 2.05) is 97.7 Å². The molecule has 0 aliphatic carbocycles. The maximum Gasteiger partial charge on any atom is 0.0602 e. The van der Waals surface area contributed by atoms with Crippen molar-refractivity contribution in [3.8, 4) is 51.2 Å². The van der Waals surface area contributed by atoms with E-state index in [0.717, 1.165) is 34.2 Å². The van der Waals surface area contributed by atoms with Crippen LogP contribution in [0.2, 0.25) is 0 Å². The second kappa shape index (κ2) is 25.5. The van der Waals surface area contributed by atoms with Crippen molar-refractivity contribution in [2.45, 2.75) is 93.9 Å². The molecule has 0 spiro atoms. The average Bonchev–Trinajstić information content (AvgIpc) is 4.10. The second-order valence-corrected chi connectivity index (χ2v) is 17.7. The molecule has 0 aliphatic rings. The number of imidazole rings is 3. The number of aryl methyl sites for hydroxylation is 5. The minimum Gasteiger partial charge on any atom is -0.340 e. The van der Waals surface area contributed by atoms with E-state index < -0.39 is 0 Å². The molecule has 0 amide bonds. The molecule has 0 atom stereocenters. The van der Waals surface area contributed by atoms with Gasteiger partial charge in [-0.25, -0.2) is 0 Å². The fourth-order valence-corrected chi connectivity index (χ4v) is 8.58. The van der Waals surface area contributed by atoms with Crippen LogP contribution in [0.15, 0.2) is 152 Å². The summed E-state index contributed by atoms with van der Waals surface area (Å²) in [5.41, 5.74) is 17.2. The van der Waals surface area contributed by atoms with Crippen LogP contribution < -0.4 is 0 Å². The van der Waals surface area contributed by atoms with Crippen LogP contribution in [0.25, 0.3) is 51.2 Å². The van der Waals surface area contributed by atoms with Crippen LogP contribution in [-0.4, -0.2) is 28.7 Å². The topological polar surface area (TPSA) is 53.5 Å². The summed E-state index contributed by atoms with van der Waals surface area (Å²) >= 11 is 0. The molecule has 3 radical (unpaired) electrons. The van der Waals surface area contributed by atoms with E-state index in [-0.39, 0.29) is 60.3 Å². The Kier molecular flexibility index (Phi) is 20.8. The Labute approximate surface area is 445 Å². The molecule has 9 aromatic rings. The third-order valence-electron chi connectivity index (χ3n) is 11.7. The van der Waals surface area contributed by atoms with Gasteiger partial charge in [0.1, 0.15) is 0 Å². The largest absolute Gasteiger partial charge is 0.340 e. The van der Waals surface area contributed by atoms with Crippen molar-refractivity contribution in [2.24, 2.45) is 0 Å². The summed E-state index contributed by atoms with van der Waals surface area (Å²) in [6, 6.07) is 49.3. The molecule has 68 heavy (non-hydrogen) atoms. The van der Waals surface area contributed by atoms with E-state index in [0.29, 0.717) is 17.8 Å². The molecule has 0 bridgehead atoms. The Morgan fingerprint density at radius 1 is 0.397 bits per heavy atom. The number of rotatable bonds is 9. The van der Waals surface area contributed by atoms with Gasteiger partial charge in [0.25, 0.3) is 0 Å². The van der Waals surface area contributed by atoms with Crippen molar-refractivity contribution in [2.75, 3.05) is 0 Å². The van der Waals surface area contributed by atoms with Crippen LogP contribution >= 0.6 is 0 Å². The summed E-state index contributed by atoms with van der Waals surface area (Å²) in [4.78, 5) is 13.6. The smallest absolute Gasteiger partial charge is 0.0602 e. The first-order valence-electron chi connectivity index (χ1n) is 22.7. The van der Waals surface area contributed by atoms with Crippen LogP contribution in [0.4, 0.5) is 0 Å². The van der Waals surface area contributed by atoms with E-state index >= 15 is 0 Å². The van der Waals surface area contributed by atoms with Crippen LogP contribution in [0.1, 0.15) is 104 Å². The van der Waals surface area contributed by atoms with E-state index in [2.05, 4.69) is 178 Å². The van der Waals surface area contributed by atoms with Gasteiger partial charge in [0.15, 0.2) is 0 Å². The Balaban J connectivity index is 0.000000221. The van der Waals surface area contributed by atoms with E-state index in [9.17, 15) is 0 Å². The van der Waals surface area contributed by atoms with E-state index in [1.54, 1.807) is 0 Å². The molecule has 0 aliphatic heterocycles. The predicted molar refractivity (Wildman–Crippen MR) is 269 cm³/mol. The van der Waals surface area contributed by atoms with Gasteiger partial charge in [0.2, 0.25) is 0 Å². The minimum absolute atomic E-state index is 0. The monoisotopic (exact) mass is 1430 g/mol. The summed E-state index contributed by atoms with van der Waals surface area (Å²) in [5, 5.41) is 0. The van der Waals surface area contributed by atoms with Crippen molar-refractivity contribution >= 4 is 0 Å². The van der Waals surface area contributed by atoms with Gasteiger partial charge in [-0.05, 0) is 91.3 Å². The minimum atomic E-state index is 0. The molecule has 0 unspecified atom stereocenters. The van der Waals surface area contributed by atoms with Gasteiger partial charge in [0, 0.05) is 115 Å². The summed E-state index contributed by atoms with van der Waals surface area (Å²) in [6.45, 7) is 24.3. The van der Waals surface area contributed by atoms with Gasteiger partial charge < -0.3 is 13.7 Å². The Bertz CT molecular complexity index is 2890. The van der Waals surface area contributed by atoms with Gasteiger partial charge in [-0.1, -0.05) is 89.6 Å². The average molecular weight is 1430 g/mol. The maximum absolute atomic E-state index is 4.65. The Hall–Kier alpha value is -5.10. The number of aromatic nitrogens is 6. The molecular formula is C59H61Ir3N6-3. The molecule has 0 fully saturated rings. The van der Waals surface area contributed by atoms with Gasteiger partial charge in [0.05, 0.1) is 17.5 Å². The molecule has 9 rings (SSSR count). The van der Waals surface area contributed by atoms with Crippen molar-refractivity contribution in [3.05, 3.63) is 215 Å². The first-order valence-corrected chi connectivity index (χ1v) is 22.7. The predicted octanol–water partition coefficient (Wildman–Crippen LogP) is 14.9. The summed E-state index contributed by atoms with van der Waals surface area (Å²) in [5.74, 6) is 4.21. The normalized spacial score (nSPS) is 10.6. The third-order valence-corrected chi connectivity index (χ3v) is 11.7. The van der Waals surface area contributed by atoms with Crippen LogP contribution in [-0.2, 0) is 60.3 Å². The van der Waals surface area contributed by atoms with Crippen LogP contribution in [0.3, 0.4) is 0 Å². The number of hydrogen-bond donors (Lipinski definition) is 0. The molecular weight excluding hydrogens is 1370 g/mol. The number of benzene rings is 6. The Morgan fingerprint density at radius 2 is 0.750 bits per heavy atom. The molecule has 0 N–H and O–H groups in total. The molecule has 3 aromatic heterocycles. The molecule has 6 nitrogen and oxygen atoms in total. The quantitative estimate of drug-likeness (QED) is 0.135. The zero-order valence-corrected chi connectivity index (χ0v) is 48.0. The first kappa shape index (κ1) is 55.5. The zero-order chi connectivity index (χ0) is 46.2. The third kappa shape index (κ3) is 12.8. The van der Waals surface area contributed by atoms with Crippen molar-refractivity contribution in [3.63, 3.8) is 0 Å². The molecule has 0 saturated carbocycles. The van der Waals surface area contributed by atoms with Crippen LogP contribution in [0, 0.1) is 52.8 Å². The Morgan fingerprint density at radius 3 is 1.07 bits per heavy atom. The second-order valence-electron chi connectivity index (χ2n) is 17.7. The first-order chi connectivity index (χ1) is 31.3. The molecule has 9 heteroatoms. The van der Waals surface area contributed by atoms with Gasteiger partial charge in [-0.2, -0.15) is 0 Å². The van der Waals surface area contributed by atoms with Crippen molar-refractivity contribution in [1.82, 2.24) is 28.7 Å². The van der Waals surface area contributed by atoms with E-state index in [4.69, 9.17) is 0 Å². The number of para-hydroxylation sites is 1. The van der Waals surface area contributed by atoms with Crippen molar-refractivity contribution in [1.29, 1.82) is 0 Å². The number of hydrogen-bond acceptors (Lipinski definition) is 3.